The Bertz CT molecular complexity index is 1030. The Hall–Kier alpha value is -3.46. The minimum absolute atomic E-state index is 0.00945. The molecule has 1 saturated heterocycles. The van der Waals surface area contributed by atoms with E-state index in [1.54, 1.807) is 0 Å². The largest absolute Gasteiger partial charge is 0.417 e. The van der Waals surface area contributed by atoms with Crippen molar-refractivity contribution < 1.29 is 14.3 Å². The minimum atomic E-state index is -0.374. The molecule has 0 radical (unpaired) electrons. The number of para-hydroxylation sites is 1. The molecule has 0 saturated carbocycles. The van der Waals surface area contributed by atoms with Crippen LogP contribution in [0.2, 0.25) is 0 Å². The molecule has 1 aliphatic heterocycles. The molecular formula is C23H30N6O3. The van der Waals surface area contributed by atoms with Crippen LogP contribution in [0.25, 0.3) is 0 Å². The van der Waals surface area contributed by atoms with Gasteiger partial charge in [-0.05, 0) is 44.4 Å². The van der Waals surface area contributed by atoms with Crippen LogP contribution in [0.3, 0.4) is 0 Å². The maximum absolute atomic E-state index is 12.7. The number of aromatic nitrogens is 1. The lowest BCUT2D eigenvalue weighted by atomic mass is 10.0. The molecule has 9 heteroatoms. The molecule has 1 aromatic heterocycles. The Kier molecular flexibility index (Phi) is 7.77. The highest BCUT2D eigenvalue weighted by Crippen LogP contribution is 2.22. The van der Waals surface area contributed by atoms with Gasteiger partial charge in [-0.1, -0.05) is 25.1 Å². The molecule has 170 valence electrons. The van der Waals surface area contributed by atoms with Crippen LogP contribution >= 0.6 is 0 Å². The van der Waals surface area contributed by atoms with Gasteiger partial charge in [-0.3, -0.25) is 9.79 Å². The molecule has 2 aromatic rings. The molecule has 0 aliphatic carbocycles. The number of amides is 1. The van der Waals surface area contributed by atoms with Crippen molar-refractivity contribution in [3.63, 3.8) is 0 Å². The zero-order chi connectivity index (χ0) is 23.1. The summed E-state index contributed by atoms with van der Waals surface area (Å²) >= 11 is 0. The van der Waals surface area contributed by atoms with E-state index in [-0.39, 0.29) is 30.2 Å². The average molecular weight is 439 g/mol. The number of aliphatic imine (C=N–C) groups is 2. The zero-order valence-corrected chi connectivity index (χ0v) is 18.9. The number of nitrogens with zero attached hydrogens (tertiary/aromatic N) is 3. The number of oxazole rings is 1. The first-order valence-corrected chi connectivity index (χ1v) is 10.7. The first-order chi connectivity index (χ1) is 15.4. The number of allylic oxidation sites excluding steroid dienone is 1. The van der Waals surface area contributed by atoms with E-state index in [0.29, 0.717) is 18.8 Å². The number of aliphatic hydroxyl groups is 1. The van der Waals surface area contributed by atoms with Crippen molar-refractivity contribution in [2.24, 2.45) is 15.9 Å². The summed E-state index contributed by atoms with van der Waals surface area (Å²) in [4.78, 5) is 25.7. The smallest absolute Gasteiger partial charge is 0.323 e. The summed E-state index contributed by atoms with van der Waals surface area (Å²) in [5.41, 5.74) is 2.71. The second kappa shape index (κ2) is 10.7. The van der Waals surface area contributed by atoms with E-state index in [0.717, 1.165) is 34.9 Å². The first kappa shape index (κ1) is 23.2. The van der Waals surface area contributed by atoms with Gasteiger partial charge in [0.25, 0.3) is 5.91 Å². The van der Waals surface area contributed by atoms with Gasteiger partial charge in [-0.15, -0.1) is 0 Å². The van der Waals surface area contributed by atoms with Gasteiger partial charge < -0.3 is 25.5 Å². The second-order valence-electron chi connectivity index (χ2n) is 7.67. The number of rotatable bonds is 5. The summed E-state index contributed by atoms with van der Waals surface area (Å²) in [5, 5.41) is 18.4. The van der Waals surface area contributed by atoms with Crippen LogP contribution < -0.4 is 16.0 Å². The molecule has 4 N–H and O–H groups in total. The fraction of sp³-hybridized carbons (Fsp3) is 0.391. The van der Waals surface area contributed by atoms with E-state index in [1.165, 1.54) is 6.20 Å². The quantitative estimate of drug-likeness (QED) is 0.567. The van der Waals surface area contributed by atoms with Crippen molar-refractivity contribution in [3.05, 3.63) is 53.2 Å². The highest BCUT2D eigenvalue weighted by molar-refractivity contribution is 6.03. The Balaban J connectivity index is 1.76. The first-order valence-electron chi connectivity index (χ1n) is 10.7. The summed E-state index contributed by atoms with van der Waals surface area (Å²) in [6.07, 6.45) is 4.76. The molecule has 2 heterocycles. The number of carbonyl (C=O) groups excluding carboxylic acids is 1. The topological polar surface area (TPSA) is 124 Å². The van der Waals surface area contributed by atoms with Crippen LogP contribution in [-0.2, 0) is 0 Å². The number of benzene rings is 1. The second-order valence-corrected chi connectivity index (χ2v) is 7.67. The summed E-state index contributed by atoms with van der Waals surface area (Å²) in [7, 11) is 0. The highest BCUT2D eigenvalue weighted by atomic mass is 16.4. The summed E-state index contributed by atoms with van der Waals surface area (Å²) in [6, 6.07) is 5.93. The van der Waals surface area contributed by atoms with Gasteiger partial charge in [0.15, 0.2) is 0 Å². The molecule has 1 aromatic carbocycles. The Morgan fingerprint density at radius 3 is 2.78 bits per heavy atom. The standard InChI is InChI=1S/C23H30N6O3/c1-5-18-26-19(24-11-12-30)10-9-16(4)21(27-18)29-23-25-13-17(32-23)22(31)28-20-14(2)7-6-8-15(20)3/h5-8,13,16,30H,9-12H2,1-4H3,(H,24,26)(H,28,31)(H,25,27,29)/b18-5+. The molecule has 32 heavy (non-hydrogen) atoms. The molecule has 3 rings (SSSR count). The molecule has 1 aliphatic rings. The van der Waals surface area contributed by atoms with Crippen LogP contribution in [0.1, 0.15) is 48.4 Å². The molecular weight excluding hydrogens is 408 g/mol. The molecule has 0 spiro atoms. The van der Waals surface area contributed by atoms with E-state index in [2.05, 4.69) is 30.9 Å². The van der Waals surface area contributed by atoms with Crippen molar-refractivity contribution in [2.75, 3.05) is 18.5 Å². The van der Waals surface area contributed by atoms with Crippen molar-refractivity contribution in [2.45, 2.75) is 40.5 Å². The Morgan fingerprint density at radius 1 is 1.34 bits per heavy atom. The summed E-state index contributed by atoms with van der Waals surface area (Å²) < 4.78 is 5.62. The number of anilines is 1. The van der Waals surface area contributed by atoms with E-state index < -0.39 is 0 Å². The Labute approximate surface area is 187 Å². The lowest BCUT2D eigenvalue weighted by molar-refractivity contribution is 0.0997. The lowest BCUT2D eigenvalue weighted by Gasteiger charge is -2.24. The number of aryl methyl sites for hydroxylation is 2. The molecule has 9 nitrogen and oxygen atoms in total. The molecule has 1 unspecified atom stereocenters. The maximum Gasteiger partial charge on any atom is 0.323 e. The van der Waals surface area contributed by atoms with Gasteiger partial charge >= 0.3 is 6.01 Å². The predicted octanol–water partition coefficient (Wildman–Crippen LogP) is 3.43. The molecule has 1 fully saturated rings. The predicted molar refractivity (Wildman–Crippen MR) is 125 cm³/mol. The van der Waals surface area contributed by atoms with Gasteiger partial charge in [-0.25, -0.2) is 0 Å². The lowest BCUT2D eigenvalue weighted by Crippen LogP contribution is -2.40. The van der Waals surface area contributed by atoms with Crippen LogP contribution in [0.4, 0.5) is 11.7 Å². The van der Waals surface area contributed by atoms with Crippen molar-refractivity contribution in [1.29, 1.82) is 0 Å². The monoisotopic (exact) mass is 438 g/mol. The fourth-order valence-corrected chi connectivity index (χ4v) is 3.30. The van der Waals surface area contributed by atoms with E-state index in [9.17, 15) is 4.79 Å². The third-order valence-electron chi connectivity index (χ3n) is 5.17. The van der Waals surface area contributed by atoms with Gasteiger partial charge in [0, 0.05) is 18.0 Å². The van der Waals surface area contributed by atoms with Crippen molar-refractivity contribution in [3.8, 4) is 0 Å². The molecule has 0 bridgehead atoms. The van der Waals surface area contributed by atoms with E-state index in [4.69, 9.17) is 9.52 Å². The third kappa shape index (κ3) is 5.82. The number of aliphatic hydroxyl groups excluding tert-OH is 1. The number of hydrogen-bond donors (Lipinski definition) is 4. The summed E-state index contributed by atoms with van der Waals surface area (Å²) in [5.74, 6) is 2.01. The maximum atomic E-state index is 12.7. The number of nitrogens with one attached hydrogen (secondary N) is 3. The van der Waals surface area contributed by atoms with E-state index in [1.807, 2.05) is 52.0 Å². The van der Waals surface area contributed by atoms with Crippen LogP contribution in [0.5, 0.6) is 0 Å². The van der Waals surface area contributed by atoms with Gasteiger partial charge in [0.1, 0.15) is 17.5 Å². The number of amidine groups is 2. The van der Waals surface area contributed by atoms with Gasteiger partial charge in [0.2, 0.25) is 5.76 Å². The Morgan fingerprint density at radius 2 is 2.09 bits per heavy atom. The minimum Gasteiger partial charge on any atom is -0.417 e. The van der Waals surface area contributed by atoms with E-state index >= 15 is 0 Å². The molecule has 1 atom stereocenters. The number of hydrogen-bond acceptors (Lipinski definition) is 6. The van der Waals surface area contributed by atoms with Crippen molar-refractivity contribution >= 4 is 29.3 Å². The third-order valence-corrected chi connectivity index (χ3v) is 5.17. The average Bonchev–Trinajstić information content (AvgIpc) is 3.24. The SMILES string of the molecule is C/C=C1\NC(=NCCO)CCC(C)C(=Nc2ncc(C(=O)Nc3c(C)cccc3C)o2)N1. The van der Waals surface area contributed by atoms with Crippen LogP contribution in [0.15, 0.2) is 50.7 Å². The normalized spacial score (nSPS) is 20.5. The van der Waals surface area contributed by atoms with Gasteiger partial charge in [-0.2, -0.15) is 9.98 Å². The number of carbonyl (C=O) groups is 1. The van der Waals surface area contributed by atoms with Crippen LogP contribution in [0, 0.1) is 19.8 Å². The van der Waals surface area contributed by atoms with Crippen LogP contribution in [-0.4, -0.2) is 40.8 Å². The fourth-order valence-electron chi connectivity index (χ4n) is 3.30. The van der Waals surface area contributed by atoms with Crippen molar-refractivity contribution in [1.82, 2.24) is 15.6 Å². The van der Waals surface area contributed by atoms with Gasteiger partial charge in [0.05, 0.1) is 19.3 Å². The molecule has 1 amide bonds. The zero-order valence-electron chi connectivity index (χ0n) is 18.9. The summed E-state index contributed by atoms with van der Waals surface area (Å²) in [6.45, 7) is 8.19. The highest BCUT2D eigenvalue weighted by Gasteiger charge is 2.20.